The van der Waals surface area contributed by atoms with Crippen LogP contribution in [0.15, 0.2) is 18.3 Å². The number of rotatable bonds is 2. The Balaban J connectivity index is 2.70. The van der Waals surface area contributed by atoms with E-state index in [0.29, 0.717) is 0 Å². The van der Waals surface area contributed by atoms with Crippen LogP contribution < -0.4 is 16.0 Å². The van der Waals surface area contributed by atoms with Gasteiger partial charge in [0.2, 0.25) is 0 Å². The SMILES string of the molecule is NNc1ccc(OC(F)(F)F)cn1. The van der Waals surface area contributed by atoms with Gasteiger partial charge < -0.3 is 10.2 Å². The number of pyridine rings is 1. The molecule has 0 aliphatic carbocycles. The molecule has 0 unspecified atom stereocenters. The highest BCUT2D eigenvalue weighted by Gasteiger charge is 2.31. The summed E-state index contributed by atoms with van der Waals surface area (Å²) in [5.74, 6) is 4.83. The summed E-state index contributed by atoms with van der Waals surface area (Å²) < 4.78 is 38.5. The fourth-order valence-corrected chi connectivity index (χ4v) is 0.660. The van der Waals surface area contributed by atoms with Gasteiger partial charge >= 0.3 is 6.36 Å². The van der Waals surface area contributed by atoms with Gasteiger partial charge in [-0.15, -0.1) is 13.2 Å². The van der Waals surface area contributed by atoms with Crippen LogP contribution >= 0.6 is 0 Å². The normalized spacial score (nSPS) is 11.1. The van der Waals surface area contributed by atoms with Crippen LogP contribution in [-0.2, 0) is 0 Å². The molecule has 0 bridgehead atoms. The number of aromatic nitrogens is 1. The first-order valence-electron chi connectivity index (χ1n) is 3.20. The minimum absolute atomic E-state index is 0.259. The lowest BCUT2D eigenvalue weighted by Gasteiger charge is -2.08. The van der Waals surface area contributed by atoms with Crippen molar-refractivity contribution in [3.05, 3.63) is 18.3 Å². The Morgan fingerprint density at radius 2 is 2.08 bits per heavy atom. The number of hydrogen-bond donors (Lipinski definition) is 2. The number of nitrogens with two attached hydrogens (primary N) is 1. The molecule has 0 saturated heterocycles. The van der Waals surface area contributed by atoms with Gasteiger partial charge in [-0.1, -0.05) is 0 Å². The Morgan fingerprint density at radius 3 is 2.46 bits per heavy atom. The number of alkyl halides is 3. The van der Waals surface area contributed by atoms with Gasteiger partial charge in [-0.2, -0.15) is 0 Å². The summed E-state index contributed by atoms with van der Waals surface area (Å²) in [6.45, 7) is 0. The molecule has 0 fully saturated rings. The average Bonchev–Trinajstić information content (AvgIpc) is 2.03. The number of hydrazine groups is 1. The number of halogens is 3. The van der Waals surface area contributed by atoms with Crippen molar-refractivity contribution in [2.75, 3.05) is 5.43 Å². The lowest BCUT2D eigenvalue weighted by Crippen LogP contribution is -2.17. The third kappa shape index (κ3) is 3.16. The van der Waals surface area contributed by atoms with Crippen molar-refractivity contribution in [1.29, 1.82) is 0 Å². The van der Waals surface area contributed by atoms with E-state index in [1.807, 2.05) is 0 Å². The van der Waals surface area contributed by atoms with E-state index in [-0.39, 0.29) is 11.6 Å². The van der Waals surface area contributed by atoms with Crippen LogP contribution in [0.4, 0.5) is 19.0 Å². The van der Waals surface area contributed by atoms with E-state index >= 15 is 0 Å². The fourth-order valence-electron chi connectivity index (χ4n) is 0.660. The summed E-state index contributed by atoms with van der Waals surface area (Å²) in [5, 5.41) is 0. The molecule has 0 amide bonds. The maximum atomic E-state index is 11.6. The first-order valence-corrected chi connectivity index (χ1v) is 3.20. The van der Waals surface area contributed by atoms with Gasteiger partial charge in [-0.05, 0) is 12.1 Å². The van der Waals surface area contributed by atoms with E-state index < -0.39 is 6.36 Å². The molecule has 1 rings (SSSR count). The Labute approximate surface area is 71.5 Å². The van der Waals surface area contributed by atoms with Crippen molar-refractivity contribution >= 4 is 5.82 Å². The lowest BCUT2D eigenvalue weighted by atomic mass is 10.4. The van der Waals surface area contributed by atoms with Crippen molar-refractivity contribution in [1.82, 2.24) is 4.98 Å². The van der Waals surface area contributed by atoms with Crippen LogP contribution in [0.3, 0.4) is 0 Å². The third-order valence-corrected chi connectivity index (χ3v) is 1.12. The summed E-state index contributed by atoms with van der Waals surface area (Å²) in [7, 11) is 0. The first-order chi connectivity index (χ1) is 6.01. The van der Waals surface area contributed by atoms with Gasteiger partial charge in [-0.25, -0.2) is 10.8 Å². The minimum atomic E-state index is -4.70. The standard InChI is InChI=1S/C6H6F3N3O/c7-6(8,9)13-4-1-2-5(12-10)11-3-4/h1-3H,10H2,(H,11,12). The number of nitrogens with one attached hydrogen (secondary N) is 1. The number of nitrogen functional groups attached to an aromatic ring is 1. The van der Waals surface area contributed by atoms with Crippen LogP contribution in [0.2, 0.25) is 0 Å². The van der Waals surface area contributed by atoms with E-state index in [0.717, 1.165) is 12.3 Å². The highest BCUT2D eigenvalue weighted by atomic mass is 19.4. The molecule has 0 aliphatic rings. The zero-order valence-corrected chi connectivity index (χ0v) is 6.30. The highest BCUT2D eigenvalue weighted by molar-refractivity contribution is 5.35. The topological polar surface area (TPSA) is 60.2 Å². The Kier molecular flexibility index (Phi) is 2.57. The van der Waals surface area contributed by atoms with E-state index in [2.05, 4.69) is 15.1 Å². The molecule has 1 aromatic rings. The maximum absolute atomic E-state index is 11.6. The summed E-state index contributed by atoms with van der Waals surface area (Å²) in [4.78, 5) is 3.52. The molecule has 0 atom stereocenters. The van der Waals surface area contributed by atoms with Gasteiger partial charge in [0.05, 0.1) is 6.20 Å². The van der Waals surface area contributed by atoms with Gasteiger partial charge in [0, 0.05) is 0 Å². The summed E-state index contributed by atoms with van der Waals surface area (Å²) >= 11 is 0. The number of ether oxygens (including phenoxy) is 1. The van der Waals surface area contributed by atoms with E-state index in [1.165, 1.54) is 6.07 Å². The molecule has 13 heavy (non-hydrogen) atoms. The predicted octanol–water partition coefficient (Wildman–Crippen LogP) is 1.27. The van der Waals surface area contributed by atoms with Crippen LogP contribution in [-0.4, -0.2) is 11.3 Å². The van der Waals surface area contributed by atoms with Gasteiger partial charge in [-0.3, -0.25) is 0 Å². The van der Waals surface area contributed by atoms with Crippen molar-refractivity contribution < 1.29 is 17.9 Å². The van der Waals surface area contributed by atoms with E-state index in [1.54, 1.807) is 0 Å². The Morgan fingerprint density at radius 1 is 1.38 bits per heavy atom. The molecular weight excluding hydrogens is 187 g/mol. The fraction of sp³-hybridized carbons (Fsp3) is 0.167. The number of hydrogen-bond acceptors (Lipinski definition) is 4. The monoisotopic (exact) mass is 193 g/mol. The molecule has 0 aromatic carbocycles. The second-order valence-corrected chi connectivity index (χ2v) is 2.07. The molecular formula is C6H6F3N3O. The molecule has 0 radical (unpaired) electrons. The lowest BCUT2D eigenvalue weighted by molar-refractivity contribution is -0.274. The van der Waals surface area contributed by atoms with Gasteiger partial charge in [0.15, 0.2) is 0 Å². The van der Waals surface area contributed by atoms with E-state index in [9.17, 15) is 13.2 Å². The number of nitrogens with zero attached hydrogens (tertiary/aromatic N) is 1. The quantitative estimate of drug-likeness (QED) is 0.548. The molecule has 72 valence electrons. The third-order valence-electron chi connectivity index (χ3n) is 1.12. The maximum Gasteiger partial charge on any atom is 0.573 e. The molecule has 7 heteroatoms. The van der Waals surface area contributed by atoms with E-state index in [4.69, 9.17) is 5.84 Å². The van der Waals surface area contributed by atoms with Crippen molar-refractivity contribution in [2.24, 2.45) is 5.84 Å². The Bertz CT molecular complexity index is 271. The van der Waals surface area contributed by atoms with Crippen LogP contribution in [0, 0.1) is 0 Å². The van der Waals surface area contributed by atoms with Crippen molar-refractivity contribution in [3.63, 3.8) is 0 Å². The molecule has 0 spiro atoms. The first kappa shape index (κ1) is 9.59. The minimum Gasteiger partial charge on any atom is -0.404 e. The summed E-state index contributed by atoms with van der Waals surface area (Å²) in [6.07, 6.45) is -3.78. The summed E-state index contributed by atoms with van der Waals surface area (Å²) in [5.41, 5.74) is 2.17. The molecule has 0 saturated carbocycles. The zero-order chi connectivity index (χ0) is 9.90. The van der Waals surface area contributed by atoms with Crippen LogP contribution in [0.25, 0.3) is 0 Å². The van der Waals surface area contributed by atoms with Crippen molar-refractivity contribution in [2.45, 2.75) is 6.36 Å². The van der Waals surface area contributed by atoms with Crippen LogP contribution in [0.1, 0.15) is 0 Å². The Hall–Kier alpha value is -1.50. The second-order valence-electron chi connectivity index (χ2n) is 2.07. The molecule has 4 nitrogen and oxygen atoms in total. The second kappa shape index (κ2) is 3.48. The zero-order valence-electron chi connectivity index (χ0n) is 6.30. The van der Waals surface area contributed by atoms with Gasteiger partial charge in [0.25, 0.3) is 0 Å². The van der Waals surface area contributed by atoms with Gasteiger partial charge in [0.1, 0.15) is 11.6 Å². The molecule has 0 aliphatic heterocycles. The van der Waals surface area contributed by atoms with Crippen LogP contribution in [0.5, 0.6) is 5.75 Å². The largest absolute Gasteiger partial charge is 0.573 e. The smallest absolute Gasteiger partial charge is 0.404 e. The molecule has 1 aromatic heterocycles. The predicted molar refractivity (Wildman–Crippen MR) is 38.7 cm³/mol. The summed E-state index contributed by atoms with van der Waals surface area (Å²) in [6, 6.07) is 2.37. The molecule has 1 heterocycles. The number of anilines is 1. The molecule has 3 N–H and O–H groups in total. The van der Waals surface area contributed by atoms with Crippen molar-refractivity contribution in [3.8, 4) is 5.75 Å². The highest BCUT2D eigenvalue weighted by Crippen LogP contribution is 2.22. The average molecular weight is 193 g/mol.